The number of anilines is 1. The molecular weight excluding hydrogens is 442 g/mol. The van der Waals surface area contributed by atoms with Gasteiger partial charge in [0, 0.05) is 17.3 Å². The summed E-state index contributed by atoms with van der Waals surface area (Å²) >= 11 is 0. The highest BCUT2D eigenvalue weighted by Gasteiger charge is 2.37. The summed E-state index contributed by atoms with van der Waals surface area (Å²) in [5.41, 5.74) is 2.31. The predicted octanol–water partition coefficient (Wildman–Crippen LogP) is 2.66. The molecule has 4 rings (SSSR count). The molecule has 2 heterocycles. The van der Waals surface area contributed by atoms with Gasteiger partial charge in [-0.1, -0.05) is 44.2 Å². The first-order valence-corrected chi connectivity index (χ1v) is 12.4. The average molecular weight is 470 g/mol. The Hall–Kier alpha value is -3.20. The van der Waals surface area contributed by atoms with Crippen LogP contribution in [0.5, 0.6) is 0 Å². The molecule has 2 aromatic carbocycles. The van der Waals surface area contributed by atoms with Gasteiger partial charge in [-0.05, 0) is 49.9 Å². The van der Waals surface area contributed by atoms with Crippen molar-refractivity contribution in [1.29, 1.82) is 0 Å². The van der Waals surface area contributed by atoms with Gasteiger partial charge in [0.2, 0.25) is 0 Å². The number of para-hydroxylation sites is 1. The highest BCUT2D eigenvalue weighted by molar-refractivity contribution is 7.90. The van der Waals surface area contributed by atoms with E-state index in [9.17, 15) is 18.0 Å². The van der Waals surface area contributed by atoms with E-state index in [0.717, 1.165) is 17.7 Å². The van der Waals surface area contributed by atoms with E-state index < -0.39 is 28.1 Å². The molecule has 3 atom stereocenters. The number of ether oxygens (including phenoxy) is 1. The van der Waals surface area contributed by atoms with Crippen LogP contribution in [0.15, 0.2) is 58.4 Å². The number of sulfonamides is 1. The zero-order valence-electron chi connectivity index (χ0n) is 19.0. The van der Waals surface area contributed by atoms with Gasteiger partial charge in [-0.2, -0.15) is 0 Å². The van der Waals surface area contributed by atoms with Gasteiger partial charge in [-0.25, -0.2) is 13.2 Å². The Labute approximate surface area is 193 Å². The lowest BCUT2D eigenvalue weighted by Crippen LogP contribution is -2.44. The lowest BCUT2D eigenvalue weighted by atomic mass is 10.0. The number of rotatable bonds is 5. The number of hydrogen-bond donors (Lipinski definition) is 1. The first-order valence-electron chi connectivity index (χ1n) is 10.9. The summed E-state index contributed by atoms with van der Waals surface area (Å²) in [5.74, 6) is -1.16. The molecule has 0 radical (unpaired) electrons. The molecule has 1 amide bonds. The third-order valence-electron chi connectivity index (χ3n) is 5.89. The normalized spacial score (nSPS) is 21.3. The summed E-state index contributed by atoms with van der Waals surface area (Å²) in [6.07, 6.45) is -0.273. The lowest BCUT2D eigenvalue weighted by Gasteiger charge is -2.27. The first kappa shape index (κ1) is 23.0. The number of nitrogens with zero attached hydrogens (tertiary/aromatic N) is 2. The summed E-state index contributed by atoms with van der Waals surface area (Å²) in [6, 6.07) is 13.1. The molecule has 0 saturated carbocycles. The largest absolute Gasteiger partial charge is 0.451 e. The maximum Gasteiger partial charge on any atom is 0.331 e. The Morgan fingerprint density at radius 2 is 1.76 bits per heavy atom. The van der Waals surface area contributed by atoms with Crippen molar-refractivity contribution in [3.63, 3.8) is 0 Å². The van der Waals surface area contributed by atoms with Crippen LogP contribution in [0.3, 0.4) is 0 Å². The number of carbonyl (C=O) groups excluding carboxylic acids is 2. The van der Waals surface area contributed by atoms with Crippen LogP contribution < -0.4 is 9.62 Å². The van der Waals surface area contributed by atoms with Crippen molar-refractivity contribution >= 4 is 33.4 Å². The number of carbonyl (C=O) groups is 2. The van der Waals surface area contributed by atoms with E-state index in [1.807, 2.05) is 31.2 Å². The smallest absolute Gasteiger partial charge is 0.331 e. The number of aliphatic imine (C=N–C) groups is 1. The maximum atomic E-state index is 13.2. The van der Waals surface area contributed by atoms with E-state index in [0.29, 0.717) is 5.56 Å². The van der Waals surface area contributed by atoms with E-state index in [2.05, 4.69) is 9.71 Å². The Morgan fingerprint density at radius 3 is 2.48 bits per heavy atom. The highest BCUT2D eigenvalue weighted by atomic mass is 32.2. The number of amides is 1. The monoisotopic (exact) mass is 469 g/mol. The van der Waals surface area contributed by atoms with Crippen molar-refractivity contribution < 1.29 is 22.7 Å². The van der Waals surface area contributed by atoms with Crippen molar-refractivity contribution in [2.45, 2.75) is 57.2 Å². The zero-order valence-corrected chi connectivity index (χ0v) is 19.8. The fourth-order valence-electron chi connectivity index (χ4n) is 4.23. The number of hydrogen-bond acceptors (Lipinski definition) is 6. The van der Waals surface area contributed by atoms with Crippen LogP contribution in [-0.2, 0) is 30.8 Å². The number of esters is 1. The van der Waals surface area contributed by atoms with Crippen LogP contribution in [0.4, 0.5) is 5.69 Å². The van der Waals surface area contributed by atoms with Crippen LogP contribution in [0, 0.1) is 5.92 Å². The van der Waals surface area contributed by atoms with Crippen LogP contribution >= 0.6 is 0 Å². The van der Waals surface area contributed by atoms with Crippen molar-refractivity contribution in [1.82, 2.24) is 4.72 Å². The number of nitrogens with one attached hydrogen (secondary N) is 1. The molecule has 0 spiro atoms. The van der Waals surface area contributed by atoms with E-state index >= 15 is 0 Å². The molecule has 174 valence electrons. The highest BCUT2D eigenvalue weighted by Crippen LogP contribution is 2.32. The summed E-state index contributed by atoms with van der Waals surface area (Å²) in [5, 5.41) is 0. The Balaban J connectivity index is 1.54. The van der Waals surface area contributed by atoms with Gasteiger partial charge in [-0.15, -0.1) is 0 Å². The second kappa shape index (κ2) is 8.62. The molecule has 2 aromatic rings. The fourth-order valence-corrected chi connectivity index (χ4v) is 5.47. The molecule has 2 aliphatic rings. The molecule has 0 aliphatic carbocycles. The van der Waals surface area contributed by atoms with Gasteiger partial charge in [0.1, 0.15) is 5.84 Å². The van der Waals surface area contributed by atoms with E-state index in [1.54, 1.807) is 43.9 Å². The van der Waals surface area contributed by atoms with Gasteiger partial charge in [0.05, 0.1) is 4.90 Å². The second-order valence-electron chi connectivity index (χ2n) is 8.74. The SMILES string of the molecule is CC(C)[C@@H](N=C1NS(=O)(=O)c2ccccc21)C(=O)O[C@@H](C)C(=O)N1c2ccccc2C[C@@H]1C. The van der Waals surface area contributed by atoms with Crippen LogP contribution in [0.2, 0.25) is 0 Å². The number of benzene rings is 2. The lowest BCUT2D eigenvalue weighted by molar-refractivity contribution is -0.156. The number of amidine groups is 1. The molecule has 2 aliphatic heterocycles. The second-order valence-corrected chi connectivity index (χ2v) is 10.4. The topological polar surface area (TPSA) is 105 Å². The zero-order chi connectivity index (χ0) is 23.9. The first-order chi connectivity index (χ1) is 15.6. The van der Waals surface area contributed by atoms with Crippen LogP contribution in [0.1, 0.15) is 38.8 Å². The third kappa shape index (κ3) is 4.25. The quantitative estimate of drug-likeness (QED) is 0.678. The molecule has 0 saturated heterocycles. The van der Waals surface area contributed by atoms with Crippen molar-refractivity contribution in [2.24, 2.45) is 10.9 Å². The molecular formula is C24H27N3O5S. The number of fused-ring (bicyclic) bond motifs is 2. The minimum atomic E-state index is -3.73. The Bertz CT molecular complexity index is 1240. The molecule has 0 aromatic heterocycles. The van der Waals surface area contributed by atoms with Crippen molar-refractivity contribution in [3.05, 3.63) is 59.7 Å². The summed E-state index contributed by atoms with van der Waals surface area (Å²) in [4.78, 5) is 32.4. The van der Waals surface area contributed by atoms with Crippen molar-refractivity contribution in [2.75, 3.05) is 4.90 Å². The van der Waals surface area contributed by atoms with E-state index in [-0.39, 0.29) is 28.6 Å². The van der Waals surface area contributed by atoms with E-state index in [4.69, 9.17) is 4.74 Å². The summed E-state index contributed by atoms with van der Waals surface area (Å²) in [7, 11) is -3.73. The van der Waals surface area contributed by atoms with Gasteiger partial charge in [0.25, 0.3) is 15.9 Å². The average Bonchev–Trinajstić information content (AvgIpc) is 3.23. The van der Waals surface area contributed by atoms with Crippen LogP contribution in [-0.4, -0.2) is 44.3 Å². The molecule has 0 bridgehead atoms. The van der Waals surface area contributed by atoms with E-state index in [1.165, 1.54) is 6.07 Å². The third-order valence-corrected chi connectivity index (χ3v) is 7.29. The standard InChI is InChI=1S/C24H27N3O5S/c1-14(2)21(25-22-18-10-6-8-12-20(18)33(30,31)26-22)24(29)32-16(4)23(28)27-15(3)13-17-9-5-7-11-19(17)27/h5-12,14-16,21H,13H2,1-4H3,(H,25,26)/t15-,16-,21+/m0/s1. The predicted molar refractivity (Wildman–Crippen MR) is 125 cm³/mol. The Morgan fingerprint density at radius 1 is 1.09 bits per heavy atom. The minimum absolute atomic E-state index is 0.0402. The summed E-state index contributed by atoms with van der Waals surface area (Å²) < 4.78 is 32.7. The van der Waals surface area contributed by atoms with Gasteiger partial charge in [0.15, 0.2) is 12.1 Å². The fraction of sp³-hybridized carbons (Fsp3) is 0.375. The van der Waals surface area contributed by atoms with Crippen LogP contribution in [0.25, 0.3) is 0 Å². The minimum Gasteiger partial charge on any atom is -0.451 e. The Kier molecular flexibility index (Phi) is 6.00. The molecule has 8 nitrogen and oxygen atoms in total. The van der Waals surface area contributed by atoms with Gasteiger partial charge < -0.3 is 9.64 Å². The molecule has 0 unspecified atom stereocenters. The molecule has 0 fully saturated rings. The van der Waals surface area contributed by atoms with Gasteiger partial charge in [-0.3, -0.25) is 14.5 Å². The maximum absolute atomic E-state index is 13.2. The molecule has 9 heteroatoms. The molecule has 33 heavy (non-hydrogen) atoms. The van der Waals surface area contributed by atoms with Gasteiger partial charge >= 0.3 is 5.97 Å². The molecule has 1 N–H and O–H groups in total. The summed E-state index contributed by atoms with van der Waals surface area (Å²) in [6.45, 7) is 7.08. The van der Waals surface area contributed by atoms with Crippen molar-refractivity contribution in [3.8, 4) is 0 Å².